The molecule has 1 saturated heterocycles. The first kappa shape index (κ1) is 29.1. The number of benzene rings is 2. The van der Waals surface area contributed by atoms with Crippen LogP contribution in [0.3, 0.4) is 0 Å². The van der Waals surface area contributed by atoms with E-state index in [1.54, 1.807) is 0 Å². The maximum absolute atomic E-state index is 13.6. The molecule has 0 spiro atoms. The van der Waals surface area contributed by atoms with Gasteiger partial charge in [0.1, 0.15) is 47.8 Å². The molecule has 1 aliphatic heterocycles. The van der Waals surface area contributed by atoms with Crippen molar-refractivity contribution < 1.29 is 63.6 Å². The van der Waals surface area contributed by atoms with Gasteiger partial charge in [-0.05, 0) is 26.0 Å². The molecule has 2 aromatic rings. The van der Waals surface area contributed by atoms with Crippen LogP contribution in [0.15, 0.2) is 18.2 Å². The number of methoxy groups -OCH3 is 3. The molecule has 1 fully saturated rings. The van der Waals surface area contributed by atoms with E-state index in [-0.39, 0.29) is 33.6 Å². The lowest BCUT2D eigenvalue weighted by Crippen LogP contribution is -2.60. The Hall–Kier alpha value is -3.43. The predicted octanol–water partition coefficient (Wildman–Crippen LogP) is 0.383. The lowest BCUT2D eigenvalue weighted by Gasteiger charge is -2.46. The van der Waals surface area contributed by atoms with Crippen molar-refractivity contribution in [3.8, 4) is 17.2 Å². The quantitative estimate of drug-likeness (QED) is 0.281. The standard InChI is InChI=1S/C28H30O13/c1-9-18(30)22(34)24(38-4)27(40-9)41-23-17-13(25(35)28(2,36)26(23)39-5)8-12-16(21(17)33)20(32)15-11(19(12)31)6-10(37-3)7-14(15)29/h6-9,18,22-24,26-27,29-30,33-34,36H,1-5H3/t9-,18-,22+,23?,24+,26?,27-,28?/m0/s1. The van der Waals surface area contributed by atoms with Gasteiger partial charge in [-0.25, -0.2) is 0 Å². The molecule has 1 heterocycles. The molecule has 8 atom stereocenters. The molecule has 2 aliphatic carbocycles. The van der Waals surface area contributed by atoms with Crippen molar-refractivity contribution in [3.63, 3.8) is 0 Å². The van der Waals surface area contributed by atoms with Gasteiger partial charge in [0, 0.05) is 42.5 Å². The van der Waals surface area contributed by atoms with Crippen molar-refractivity contribution in [1.82, 2.24) is 0 Å². The van der Waals surface area contributed by atoms with Gasteiger partial charge in [-0.3, -0.25) is 14.4 Å². The smallest absolute Gasteiger partial charge is 0.201 e. The number of ether oxygens (including phenoxy) is 5. The Labute approximate surface area is 233 Å². The average Bonchev–Trinajstić information content (AvgIpc) is 2.92. The Morgan fingerprint density at radius 3 is 2.15 bits per heavy atom. The van der Waals surface area contributed by atoms with E-state index >= 15 is 0 Å². The number of carbonyl (C=O) groups excluding carboxylic acids is 3. The summed E-state index contributed by atoms with van der Waals surface area (Å²) >= 11 is 0. The normalized spacial score (nSPS) is 32.8. The lowest BCUT2D eigenvalue weighted by molar-refractivity contribution is -0.321. The van der Waals surface area contributed by atoms with Crippen LogP contribution in [0, 0.1) is 0 Å². The van der Waals surface area contributed by atoms with Gasteiger partial charge < -0.3 is 49.2 Å². The molecule has 41 heavy (non-hydrogen) atoms. The fourth-order valence-corrected chi connectivity index (χ4v) is 5.82. The minimum atomic E-state index is -2.25. The number of aliphatic hydroxyl groups is 3. The van der Waals surface area contributed by atoms with Gasteiger partial charge in [0.25, 0.3) is 0 Å². The summed E-state index contributed by atoms with van der Waals surface area (Å²) in [5, 5.41) is 54.2. The summed E-state index contributed by atoms with van der Waals surface area (Å²) in [6, 6.07) is 3.48. The third-order valence-corrected chi connectivity index (χ3v) is 8.02. The van der Waals surface area contributed by atoms with Gasteiger partial charge in [-0.1, -0.05) is 0 Å². The maximum Gasteiger partial charge on any atom is 0.201 e. The molecule has 5 N–H and O–H groups in total. The zero-order valence-corrected chi connectivity index (χ0v) is 22.8. The van der Waals surface area contributed by atoms with Crippen LogP contribution in [-0.2, 0) is 18.9 Å². The predicted molar refractivity (Wildman–Crippen MR) is 136 cm³/mol. The van der Waals surface area contributed by atoms with Crippen molar-refractivity contribution in [1.29, 1.82) is 0 Å². The number of aromatic hydroxyl groups is 2. The van der Waals surface area contributed by atoms with E-state index < -0.39 is 82.9 Å². The van der Waals surface area contributed by atoms with Crippen LogP contribution >= 0.6 is 0 Å². The van der Waals surface area contributed by atoms with Gasteiger partial charge in [0.05, 0.1) is 24.3 Å². The first-order valence-corrected chi connectivity index (χ1v) is 12.7. The highest BCUT2D eigenvalue weighted by Gasteiger charge is 2.56. The van der Waals surface area contributed by atoms with Crippen molar-refractivity contribution in [2.24, 2.45) is 0 Å². The highest BCUT2D eigenvalue weighted by Crippen LogP contribution is 2.49. The SMILES string of the molecule is COc1cc(O)c2c(c1)C(=O)c1cc3c(c(O)c1C2=O)C(O[C@@H]1O[C@@H](C)[C@H](O)[C@@H](O)[C@H]1OC)C(OC)C(C)(O)C3=O. The molecule has 0 bridgehead atoms. The van der Waals surface area contributed by atoms with E-state index in [2.05, 4.69) is 0 Å². The second-order valence-electron chi connectivity index (χ2n) is 10.4. The molecular weight excluding hydrogens is 544 g/mol. The summed E-state index contributed by atoms with van der Waals surface area (Å²) < 4.78 is 27.7. The first-order valence-electron chi connectivity index (χ1n) is 12.7. The Bertz CT molecular complexity index is 1450. The molecule has 13 nitrogen and oxygen atoms in total. The number of rotatable bonds is 5. The Balaban J connectivity index is 1.71. The Kier molecular flexibility index (Phi) is 7.19. The van der Waals surface area contributed by atoms with Crippen LogP contribution < -0.4 is 4.74 Å². The highest BCUT2D eigenvalue weighted by atomic mass is 16.7. The van der Waals surface area contributed by atoms with Crippen LogP contribution in [0.5, 0.6) is 17.2 Å². The van der Waals surface area contributed by atoms with Crippen LogP contribution in [0.1, 0.15) is 67.7 Å². The van der Waals surface area contributed by atoms with Crippen molar-refractivity contribution in [3.05, 3.63) is 51.6 Å². The number of fused-ring (bicyclic) bond motifs is 3. The van der Waals surface area contributed by atoms with Gasteiger partial charge in [-0.2, -0.15) is 0 Å². The number of hydrogen-bond acceptors (Lipinski definition) is 13. The number of ketones is 3. The first-order chi connectivity index (χ1) is 19.3. The monoisotopic (exact) mass is 574 g/mol. The molecule has 0 radical (unpaired) electrons. The zero-order valence-electron chi connectivity index (χ0n) is 22.8. The average molecular weight is 575 g/mol. The molecule has 220 valence electrons. The fraction of sp³-hybridized carbons (Fsp3) is 0.464. The summed E-state index contributed by atoms with van der Waals surface area (Å²) in [5.41, 5.74) is -4.24. The Morgan fingerprint density at radius 2 is 1.54 bits per heavy atom. The number of phenolic OH excluding ortho intramolecular Hbond substituents is 2. The molecule has 5 rings (SSSR count). The van der Waals surface area contributed by atoms with Crippen molar-refractivity contribution in [2.75, 3.05) is 21.3 Å². The fourth-order valence-electron chi connectivity index (χ4n) is 5.82. The van der Waals surface area contributed by atoms with E-state index in [9.17, 15) is 39.9 Å². The molecule has 0 amide bonds. The summed E-state index contributed by atoms with van der Waals surface area (Å²) in [4.78, 5) is 40.7. The summed E-state index contributed by atoms with van der Waals surface area (Å²) in [7, 11) is 3.75. The van der Waals surface area contributed by atoms with E-state index in [0.717, 1.165) is 12.1 Å². The van der Waals surface area contributed by atoms with Crippen LogP contribution in [-0.4, -0.2) is 107 Å². The van der Waals surface area contributed by atoms with Crippen molar-refractivity contribution in [2.45, 2.75) is 62.4 Å². The van der Waals surface area contributed by atoms with Crippen molar-refractivity contribution >= 4 is 17.3 Å². The van der Waals surface area contributed by atoms with E-state index in [1.807, 2.05) is 0 Å². The topological polar surface area (TPSA) is 199 Å². The lowest BCUT2D eigenvalue weighted by atomic mass is 9.72. The molecule has 0 aromatic heterocycles. The van der Waals surface area contributed by atoms with Crippen LogP contribution in [0.2, 0.25) is 0 Å². The van der Waals surface area contributed by atoms with Gasteiger partial charge >= 0.3 is 0 Å². The number of carbonyl (C=O) groups is 3. The minimum Gasteiger partial charge on any atom is -0.507 e. The third kappa shape index (κ3) is 4.15. The molecule has 2 aromatic carbocycles. The molecule has 3 aliphatic rings. The molecule has 3 unspecified atom stereocenters. The second kappa shape index (κ2) is 10.1. The van der Waals surface area contributed by atoms with Gasteiger partial charge in [0.2, 0.25) is 5.78 Å². The summed E-state index contributed by atoms with van der Waals surface area (Å²) in [6.45, 7) is 2.65. The van der Waals surface area contributed by atoms with Crippen LogP contribution in [0.4, 0.5) is 0 Å². The molecular formula is C28H30O13. The van der Waals surface area contributed by atoms with E-state index in [0.29, 0.717) is 0 Å². The number of hydrogen-bond donors (Lipinski definition) is 5. The zero-order chi connectivity index (χ0) is 30.1. The summed E-state index contributed by atoms with van der Waals surface area (Å²) in [6.07, 6.45) is -9.35. The number of aliphatic hydroxyl groups excluding tert-OH is 2. The second-order valence-corrected chi connectivity index (χ2v) is 10.4. The van der Waals surface area contributed by atoms with Gasteiger partial charge in [0.15, 0.2) is 23.5 Å². The largest absolute Gasteiger partial charge is 0.507 e. The summed E-state index contributed by atoms with van der Waals surface area (Å²) in [5.74, 6) is -3.85. The Morgan fingerprint density at radius 1 is 0.878 bits per heavy atom. The van der Waals surface area contributed by atoms with E-state index in [1.165, 1.54) is 41.2 Å². The number of Topliss-reactive ketones (excluding diaryl/α,β-unsaturated/α-hetero) is 1. The minimum absolute atomic E-state index is 0.102. The molecule has 13 heteroatoms. The maximum atomic E-state index is 13.6. The highest BCUT2D eigenvalue weighted by molar-refractivity contribution is 6.31. The third-order valence-electron chi connectivity index (χ3n) is 8.02. The number of phenols is 2. The van der Waals surface area contributed by atoms with E-state index in [4.69, 9.17) is 23.7 Å². The molecule has 0 saturated carbocycles. The van der Waals surface area contributed by atoms with Crippen LogP contribution in [0.25, 0.3) is 0 Å². The van der Waals surface area contributed by atoms with Gasteiger partial charge in [-0.15, -0.1) is 0 Å².